The number of hydrogen-bond acceptors (Lipinski definition) is 9. The van der Waals surface area contributed by atoms with Crippen LogP contribution in [0.25, 0.3) is 0 Å². The molecule has 0 spiro atoms. The lowest BCUT2D eigenvalue weighted by Gasteiger charge is -2.43. The third-order valence-corrected chi connectivity index (χ3v) is 5.80. The van der Waals surface area contributed by atoms with E-state index in [9.17, 15) is 29.4 Å². The number of aliphatic hydroxyl groups is 1. The van der Waals surface area contributed by atoms with Crippen LogP contribution in [0.15, 0.2) is 11.3 Å². The number of rotatable bonds is 4. The number of ketones is 3. The highest BCUT2D eigenvalue weighted by Crippen LogP contribution is 2.63. The molecule has 2 N–H and O–H groups in total. The molecule has 1 aromatic carbocycles. The molecule has 0 saturated heterocycles. The van der Waals surface area contributed by atoms with Crippen molar-refractivity contribution < 1.29 is 43.6 Å². The molecular formula is C21H22O9. The second kappa shape index (κ2) is 6.66. The Morgan fingerprint density at radius 2 is 1.70 bits per heavy atom. The summed E-state index contributed by atoms with van der Waals surface area (Å²) in [7, 11) is 1.25. The standard InChI is InChI=1S/C21H22O9/c1-8-16(26)14(10(3)23)18-15(17(8)29-11(4)24)20(5)19(27)13(9(2)22)12(25)7-21(20,28-6)30-18/h26-27H,7H2,1-6H3. The number of carbonyl (C=O) groups excluding carboxylic acids is 4. The van der Waals surface area contributed by atoms with Gasteiger partial charge >= 0.3 is 5.97 Å². The molecular weight excluding hydrogens is 396 g/mol. The molecule has 0 bridgehead atoms. The van der Waals surface area contributed by atoms with Crippen molar-refractivity contribution in [3.8, 4) is 17.2 Å². The Bertz CT molecular complexity index is 1060. The number of benzene rings is 1. The maximum Gasteiger partial charge on any atom is 0.308 e. The largest absolute Gasteiger partial charge is 0.510 e. The fourth-order valence-electron chi connectivity index (χ4n) is 4.30. The topological polar surface area (TPSA) is 136 Å². The smallest absolute Gasteiger partial charge is 0.308 e. The minimum Gasteiger partial charge on any atom is -0.510 e. The number of methoxy groups -OCH3 is 1. The average molecular weight is 418 g/mol. The van der Waals surface area contributed by atoms with Gasteiger partial charge in [-0.25, -0.2) is 0 Å². The van der Waals surface area contributed by atoms with Crippen LogP contribution in [0.2, 0.25) is 0 Å². The number of carbonyl (C=O) groups is 4. The highest BCUT2D eigenvalue weighted by Gasteiger charge is 2.68. The van der Waals surface area contributed by atoms with Crippen LogP contribution in [0.3, 0.4) is 0 Å². The first kappa shape index (κ1) is 21.5. The molecule has 0 radical (unpaired) electrons. The van der Waals surface area contributed by atoms with Gasteiger partial charge in [0.2, 0.25) is 5.79 Å². The second-order valence-electron chi connectivity index (χ2n) is 7.60. The normalized spacial score (nSPS) is 24.8. The van der Waals surface area contributed by atoms with Crippen molar-refractivity contribution >= 4 is 23.3 Å². The lowest BCUT2D eigenvalue weighted by molar-refractivity contribution is -0.199. The molecule has 30 heavy (non-hydrogen) atoms. The first-order chi connectivity index (χ1) is 13.8. The zero-order chi connectivity index (χ0) is 22.8. The highest BCUT2D eigenvalue weighted by atomic mass is 16.7. The summed E-state index contributed by atoms with van der Waals surface area (Å²) in [6.07, 6.45) is -0.454. The van der Waals surface area contributed by atoms with E-state index in [1.165, 1.54) is 27.9 Å². The van der Waals surface area contributed by atoms with Crippen molar-refractivity contribution in [3.05, 3.63) is 28.0 Å². The van der Waals surface area contributed by atoms with E-state index in [2.05, 4.69) is 0 Å². The van der Waals surface area contributed by atoms with Crippen LogP contribution in [0, 0.1) is 6.92 Å². The quantitative estimate of drug-likeness (QED) is 0.326. The third kappa shape index (κ3) is 2.51. The molecule has 0 amide bonds. The summed E-state index contributed by atoms with van der Waals surface area (Å²) in [5.74, 6) is -5.91. The zero-order valence-electron chi connectivity index (χ0n) is 17.5. The summed E-state index contributed by atoms with van der Waals surface area (Å²) >= 11 is 0. The van der Waals surface area contributed by atoms with Gasteiger partial charge in [-0.3, -0.25) is 19.2 Å². The van der Waals surface area contributed by atoms with Gasteiger partial charge in [-0.2, -0.15) is 0 Å². The van der Waals surface area contributed by atoms with Crippen molar-refractivity contribution in [2.75, 3.05) is 7.11 Å². The number of phenols is 1. The van der Waals surface area contributed by atoms with Crippen LogP contribution in [0.4, 0.5) is 0 Å². The number of aromatic hydroxyl groups is 1. The SMILES string of the molecule is COC12CC(=O)C(C(C)=O)=C(O)C1(C)c1c(OC(C)=O)c(C)c(O)c(C(C)=O)c1O2. The average Bonchev–Trinajstić information content (AvgIpc) is 2.88. The number of fused-ring (bicyclic) bond motifs is 3. The molecule has 9 heteroatoms. The Morgan fingerprint density at radius 1 is 1.10 bits per heavy atom. The van der Waals surface area contributed by atoms with Gasteiger partial charge in [-0.05, 0) is 27.7 Å². The summed E-state index contributed by atoms with van der Waals surface area (Å²) in [6, 6.07) is 0. The molecule has 1 heterocycles. The van der Waals surface area contributed by atoms with Gasteiger partial charge in [0.15, 0.2) is 17.3 Å². The highest BCUT2D eigenvalue weighted by molar-refractivity contribution is 6.21. The van der Waals surface area contributed by atoms with Gasteiger partial charge in [0, 0.05) is 19.6 Å². The van der Waals surface area contributed by atoms with Crippen LogP contribution in [-0.2, 0) is 24.5 Å². The second-order valence-corrected chi connectivity index (χ2v) is 7.60. The van der Waals surface area contributed by atoms with Crippen LogP contribution in [0.1, 0.15) is 55.6 Å². The fraction of sp³-hybridized carbons (Fsp3) is 0.429. The maximum atomic E-state index is 12.7. The molecule has 0 aromatic heterocycles. The Balaban J connectivity index is 2.56. The van der Waals surface area contributed by atoms with Gasteiger partial charge in [0.1, 0.15) is 34.0 Å². The van der Waals surface area contributed by atoms with E-state index in [4.69, 9.17) is 14.2 Å². The van der Waals surface area contributed by atoms with E-state index in [0.717, 1.165) is 13.8 Å². The number of allylic oxidation sites excluding steroid dienone is 1. The third-order valence-electron chi connectivity index (χ3n) is 5.80. The molecule has 1 aliphatic carbocycles. The summed E-state index contributed by atoms with van der Waals surface area (Å²) in [6.45, 7) is 6.37. The van der Waals surface area contributed by atoms with Crippen molar-refractivity contribution in [3.63, 3.8) is 0 Å². The Morgan fingerprint density at radius 3 is 2.17 bits per heavy atom. The van der Waals surface area contributed by atoms with Crippen LogP contribution in [-0.4, -0.2) is 46.4 Å². The van der Waals surface area contributed by atoms with Crippen molar-refractivity contribution in [2.45, 2.75) is 52.2 Å². The molecule has 0 fully saturated rings. The minimum absolute atomic E-state index is 0.0313. The molecule has 2 aliphatic rings. The fourth-order valence-corrected chi connectivity index (χ4v) is 4.30. The number of esters is 1. The van der Waals surface area contributed by atoms with E-state index >= 15 is 0 Å². The lowest BCUT2D eigenvalue weighted by Crippen LogP contribution is -2.57. The van der Waals surface area contributed by atoms with E-state index in [1.54, 1.807) is 0 Å². The lowest BCUT2D eigenvalue weighted by atomic mass is 9.66. The van der Waals surface area contributed by atoms with Gasteiger partial charge in [0.25, 0.3) is 0 Å². The molecule has 160 valence electrons. The van der Waals surface area contributed by atoms with E-state index in [1.807, 2.05) is 0 Å². The summed E-state index contributed by atoms with van der Waals surface area (Å²) in [5, 5.41) is 21.8. The predicted octanol–water partition coefficient (Wildman–Crippen LogP) is 2.20. The van der Waals surface area contributed by atoms with Crippen molar-refractivity contribution in [1.29, 1.82) is 0 Å². The Labute approximate surface area is 172 Å². The van der Waals surface area contributed by atoms with Gasteiger partial charge < -0.3 is 24.4 Å². The number of aliphatic hydroxyl groups excluding tert-OH is 1. The molecule has 1 aliphatic heterocycles. The molecule has 9 nitrogen and oxygen atoms in total. The monoisotopic (exact) mass is 418 g/mol. The minimum atomic E-state index is -1.84. The molecule has 3 rings (SSSR count). The number of phenolic OH excluding ortho intramolecular Hbond substituents is 1. The summed E-state index contributed by atoms with van der Waals surface area (Å²) in [5.41, 5.74) is -2.25. The van der Waals surface area contributed by atoms with Crippen LogP contribution < -0.4 is 9.47 Å². The first-order valence-electron chi connectivity index (χ1n) is 9.15. The molecule has 2 unspecified atom stereocenters. The van der Waals surface area contributed by atoms with Crippen molar-refractivity contribution in [1.82, 2.24) is 0 Å². The van der Waals surface area contributed by atoms with E-state index in [-0.39, 0.29) is 28.2 Å². The summed E-state index contributed by atoms with van der Waals surface area (Å²) in [4.78, 5) is 48.9. The van der Waals surface area contributed by atoms with Crippen LogP contribution in [0.5, 0.6) is 17.2 Å². The number of ether oxygens (including phenoxy) is 3. The molecule has 0 saturated carbocycles. The molecule has 2 atom stereocenters. The van der Waals surface area contributed by atoms with E-state index < -0.39 is 58.0 Å². The van der Waals surface area contributed by atoms with Crippen molar-refractivity contribution in [2.24, 2.45) is 0 Å². The van der Waals surface area contributed by atoms with Gasteiger partial charge in [-0.15, -0.1) is 0 Å². The Kier molecular flexibility index (Phi) is 4.78. The molecule has 1 aromatic rings. The van der Waals surface area contributed by atoms with Gasteiger partial charge in [0.05, 0.1) is 17.6 Å². The number of Topliss-reactive ketones (excluding diaryl/α,β-unsaturated/α-hetero) is 3. The maximum absolute atomic E-state index is 12.7. The van der Waals surface area contributed by atoms with Gasteiger partial charge in [-0.1, -0.05) is 0 Å². The first-order valence-corrected chi connectivity index (χ1v) is 9.15. The van der Waals surface area contributed by atoms with Crippen LogP contribution >= 0.6 is 0 Å². The Hall–Kier alpha value is -3.20. The zero-order valence-corrected chi connectivity index (χ0v) is 17.5. The summed E-state index contributed by atoms with van der Waals surface area (Å²) < 4.78 is 16.8. The number of hydrogen-bond donors (Lipinski definition) is 2. The van der Waals surface area contributed by atoms with E-state index in [0.29, 0.717) is 0 Å². The predicted molar refractivity (Wildman–Crippen MR) is 102 cm³/mol.